The predicted molar refractivity (Wildman–Crippen MR) is 98.1 cm³/mol. The quantitative estimate of drug-likeness (QED) is 0.741. The van der Waals surface area contributed by atoms with Crippen molar-refractivity contribution in [2.45, 2.75) is 6.92 Å². The van der Waals surface area contributed by atoms with E-state index in [1.807, 2.05) is 24.4 Å². The van der Waals surface area contributed by atoms with Crippen LogP contribution in [0.25, 0.3) is 10.9 Å². The third-order valence-electron chi connectivity index (χ3n) is 4.71. The van der Waals surface area contributed by atoms with Gasteiger partial charge < -0.3 is 9.88 Å². The van der Waals surface area contributed by atoms with Gasteiger partial charge in [0.15, 0.2) is 5.78 Å². The Balaban J connectivity index is 1.40. The Labute approximate surface area is 146 Å². The summed E-state index contributed by atoms with van der Waals surface area (Å²) in [6.07, 6.45) is 5.36. The van der Waals surface area contributed by atoms with Gasteiger partial charge in [0.1, 0.15) is 0 Å². The summed E-state index contributed by atoms with van der Waals surface area (Å²) in [4.78, 5) is 28.9. The van der Waals surface area contributed by atoms with Crippen LogP contribution in [0.4, 0.5) is 5.95 Å². The number of anilines is 1. The average Bonchev–Trinajstić information content (AvgIpc) is 3.06. The minimum atomic E-state index is 0.166. The number of Topliss-reactive ketones (excluding diaryl/α,β-unsaturated/α-hetero) is 1. The molecule has 0 atom stereocenters. The van der Waals surface area contributed by atoms with Crippen molar-refractivity contribution in [3.63, 3.8) is 0 Å². The van der Waals surface area contributed by atoms with E-state index < -0.39 is 0 Å². The lowest BCUT2D eigenvalue weighted by Gasteiger charge is -2.34. The second-order valence-electron chi connectivity index (χ2n) is 6.49. The Bertz CT molecular complexity index is 881. The number of benzene rings is 1. The van der Waals surface area contributed by atoms with Crippen LogP contribution < -0.4 is 4.90 Å². The second kappa shape index (κ2) is 6.64. The van der Waals surface area contributed by atoms with Gasteiger partial charge in [-0.2, -0.15) is 0 Å². The summed E-state index contributed by atoms with van der Waals surface area (Å²) in [5, 5.41) is 1.01. The highest BCUT2D eigenvalue weighted by Gasteiger charge is 2.22. The molecule has 6 nitrogen and oxygen atoms in total. The molecule has 4 rings (SSSR count). The number of H-pyrrole nitrogens is 1. The summed E-state index contributed by atoms with van der Waals surface area (Å²) < 4.78 is 0. The summed E-state index contributed by atoms with van der Waals surface area (Å²) in [5.74, 6) is 0.931. The molecule has 3 heterocycles. The lowest BCUT2D eigenvalue weighted by Crippen LogP contribution is -2.48. The van der Waals surface area contributed by atoms with Gasteiger partial charge in [-0.05, 0) is 24.6 Å². The van der Waals surface area contributed by atoms with Gasteiger partial charge in [0.05, 0.1) is 6.54 Å². The standard InChI is InChI=1S/C19H21N5O/c1-14-3-4-15-16(12-22-17(15)11-14)18(25)13-23-7-9-24(10-8-23)19-20-5-2-6-21-19/h2-6,11-12,22H,7-10,13H2,1H3. The van der Waals surface area contributed by atoms with Crippen LogP contribution in [0.2, 0.25) is 0 Å². The molecule has 3 aromatic rings. The number of aromatic nitrogens is 3. The molecule has 0 unspecified atom stereocenters. The van der Waals surface area contributed by atoms with E-state index in [4.69, 9.17) is 0 Å². The van der Waals surface area contributed by atoms with E-state index in [1.54, 1.807) is 12.4 Å². The first-order valence-corrected chi connectivity index (χ1v) is 8.56. The summed E-state index contributed by atoms with van der Waals surface area (Å²) in [5.41, 5.74) is 2.99. The normalized spacial score (nSPS) is 15.6. The van der Waals surface area contributed by atoms with Crippen molar-refractivity contribution in [3.05, 3.63) is 54.0 Å². The minimum Gasteiger partial charge on any atom is -0.360 e. The van der Waals surface area contributed by atoms with Crippen molar-refractivity contribution in [1.29, 1.82) is 0 Å². The van der Waals surface area contributed by atoms with Crippen LogP contribution in [-0.4, -0.2) is 58.4 Å². The Morgan fingerprint density at radius 3 is 2.68 bits per heavy atom. The van der Waals surface area contributed by atoms with Gasteiger partial charge in [0, 0.05) is 61.2 Å². The van der Waals surface area contributed by atoms with E-state index in [-0.39, 0.29) is 5.78 Å². The van der Waals surface area contributed by atoms with Gasteiger partial charge in [-0.1, -0.05) is 12.1 Å². The van der Waals surface area contributed by atoms with Crippen LogP contribution >= 0.6 is 0 Å². The van der Waals surface area contributed by atoms with E-state index in [9.17, 15) is 4.79 Å². The molecule has 0 aliphatic carbocycles. The van der Waals surface area contributed by atoms with E-state index in [1.165, 1.54) is 5.56 Å². The smallest absolute Gasteiger partial charge is 0.225 e. The van der Waals surface area contributed by atoms with Crippen molar-refractivity contribution < 1.29 is 4.79 Å². The fourth-order valence-corrected chi connectivity index (χ4v) is 3.32. The lowest BCUT2D eigenvalue weighted by atomic mass is 10.1. The zero-order valence-corrected chi connectivity index (χ0v) is 14.3. The first kappa shape index (κ1) is 15.8. The van der Waals surface area contributed by atoms with Gasteiger partial charge in [-0.3, -0.25) is 9.69 Å². The van der Waals surface area contributed by atoms with E-state index in [0.29, 0.717) is 6.54 Å². The molecule has 1 aliphatic rings. The van der Waals surface area contributed by atoms with Crippen molar-refractivity contribution in [3.8, 4) is 0 Å². The Kier molecular flexibility index (Phi) is 4.19. The van der Waals surface area contributed by atoms with Crippen molar-refractivity contribution >= 4 is 22.6 Å². The third-order valence-corrected chi connectivity index (χ3v) is 4.71. The maximum absolute atomic E-state index is 12.7. The first-order chi connectivity index (χ1) is 12.2. The maximum atomic E-state index is 12.7. The number of carbonyl (C=O) groups is 1. The fraction of sp³-hybridized carbons (Fsp3) is 0.316. The Hall–Kier alpha value is -2.73. The van der Waals surface area contributed by atoms with E-state index >= 15 is 0 Å². The largest absolute Gasteiger partial charge is 0.360 e. The molecular weight excluding hydrogens is 314 g/mol. The summed E-state index contributed by atoms with van der Waals surface area (Å²) in [6, 6.07) is 7.97. The monoisotopic (exact) mass is 335 g/mol. The van der Waals surface area contributed by atoms with E-state index in [2.05, 4.69) is 37.7 Å². The number of nitrogens with one attached hydrogen (secondary N) is 1. The summed E-state index contributed by atoms with van der Waals surface area (Å²) >= 11 is 0. The van der Waals surface area contributed by atoms with Crippen molar-refractivity contribution in [2.75, 3.05) is 37.6 Å². The van der Waals surface area contributed by atoms with Crippen LogP contribution in [0, 0.1) is 6.92 Å². The van der Waals surface area contributed by atoms with Crippen LogP contribution in [0.15, 0.2) is 42.9 Å². The number of hydrogen-bond acceptors (Lipinski definition) is 5. The Morgan fingerprint density at radius 1 is 1.16 bits per heavy atom. The average molecular weight is 335 g/mol. The molecule has 1 aliphatic heterocycles. The van der Waals surface area contributed by atoms with Gasteiger partial charge in [-0.25, -0.2) is 9.97 Å². The molecule has 0 amide bonds. The van der Waals surface area contributed by atoms with Gasteiger partial charge in [-0.15, -0.1) is 0 Å². The first-order valence-electron chi connectivity index (χ1n) is 8.56. The molecule has 0 radical (unpaired) electrons. The zero-order chi connectivity index (χ0) is 17.2. The predicted octanol–water partition coefficient (Wildman–Crippen LogP) is 2.27. The molecule has 0 saturated carbocycles. The molecule has 128 valence electrons. The molecule has 0 spiro atoms. The molecule has 2 aromatic heterocycles. The number of hydrogen-bond donors (Lipinski definition) is 1. The minimum absolute atomic E-state index is 0.166. The zero-order valence-electron chi connectivity index (χ0n) is 14.3. The summed E-state index contributed by atoms with van der Waals surface area (Å²) in [6.45, 7) is 5.85. The Morgan fingerprint density at radius 2 is 1.92 bits per heavy atom. The highest BCUT2D eigenvalue weighted by molar-refractivity contribution is 6.08. The van der Waals surface area contributed by atoms with Crippen molar-refractivity contribution in [2.24, 2.45) is 0 Å². The number of fused-ring (bicyclic) bond motifs is 1. The molecule has 1 aromatic carbocycles. The highest BCUT2D eigenvalue weighted by atomic mass is 16.1. The number of ketones is 1. The maximum Gasteiger partial charge on any atom is 0.225 e. The lowest BCUT2D eigenvalue weighted by molar-refractivity contribution is 0.0928. The number of carbonyl (C=O) groups excluding carboxylic acids is 1. The second-order valence-corrected chi connectivity index (χ2v) is 6.49. The topological polar surface area (TPSA) is 65.1 Å². The third kappa shape index (κ3) is 3.25. The molecular formula is C19H21N5O. The van der Waals surface area contributed by atoms with Gasteiger partial charge >= 0.3 is 0 Å². The molecule has 0 bridgehead atoms. The fourth-order valence-electron chi connectivity index (χ4n) is 3.32. The molecule has 1 fully saturated rings. The van der Waals surface area contributed by atoms with Crippen molar-refractivity contribution in [1.82, 2.24) is 19.9 Å². The van der Waals surface area contributed by atoms with Crippen LogP contribution in [0.5, 0.6) is 0 Å². The SMILES string of the molecule is Cc1ccc2c(C(=O)CN3CCN(c4ncccn4)CC3)c[nH]c2c1. The number of piperazine rings is 1. The van der Waals surface area contributed by atoms with Crippen LogP contribution in [0.1, 0.15) is 15.9 Å². The molecule has 6 heteroatoms. The van der Waals surface area contributed by atoms with E-state index in [0.717, 1.165) is 48.6 Å². The van der Waals surface area contributed by atoms with Crippen LogP contribution in [-0.2, 0) is 0 Å². The van der Waals surface area contributed by atoms with Gasteiger partial charge in [0.2, 0.25) is 5.95 Å². The molecule has 25 heavy (non-hydrogen) atoms. The number of aryl methyl sites for hydroxylation is 1. The van der Waals surface area contributed by atoms with Crippen LogP contribution in [0.3, 0.4) is 0 Å². The number of nitrogens with zero attached hydrogens (tertiary/aromatic N) is 4. The number of rotatable bonds is 4. The highest BCUT2D eigenvalue weighted by Crippen LogP contribution is 2.20. The molecule has 1 N–H and O–H groups in total. The summed E-state index contributed by atoms with van der Waals surface area (Å²) in [7, 11) is 0. The number of aromatic amines is 1. The molecule has 1 saturated heterocycles. The van der Waals surface area contributed by atoms with Gasteiger partial charge in [0.25, 0.3) is 0 Å².